The minimum atomic E-state index is -0.963. The number of hydrogen-bond acceptors (Lipinski definition) is 9. The number of ether oxygens (including phenoxy) is 2. The number of carbonyl (C=O) groups is 1. The van der Waals surface area contributed by atoms with Gasteiger partial charge in [-0.15, -0.1) is 0 Å². The first-order chi connectivity index (χ1) is 41.9. The van der Waals surface area contributed by atoms with E-state index in [-0.39, 0.29) is 11.4 Å². The summed E-state index contributed by atoms with van der Waals surface area (Å²) in [6.07, 6.45) is 4.16. The number of halogens is 2. The fourth-order valence-electron chi connectivity index (χ4n) is 12.3. The average molecular weight is 1120 g/mol. The van der Waals surface area contributed by atoms with Gasteiger partial charge in [0.1, 0.15) is 45.7 Å². The summed E-state index contributed by atoms with van der Waals surface area (Å²) >= 11 is 0. The molecule has 0 N–H and O–H groups in total. The van der Waals surface area contributed by atoms with E-state index in [4.69, 9.17) is 19.7 Å². The van der Waals surface area contributed by atoms with Crippen molar-refractivity contribution in [1.29, 1.82) is 0 Å². The standard InChI is InChI=1S/C36H29FN4O2.C36H31FN4O/c37-32-24-33-31(22-27(32)25-42)35(26-16-17-38-34(23-26)40-18-20-43-21-19-40)39-41(33)36(28-10-4-1-5-11-28,29-12-6-2-7-13-29)30-14-8-3-9-15-30;1-26-23-31-33(25-32(26)37)41(39-35(31)27-17-18-38-34(24-27)40-19-21-42-22-20-40)36(28-11-5-2-6-12-28,29-13-7-3-8-14-29)30-15-9-4-10-16-30/h1-17,22-25H,18-21H2;2-18,23-25H,19-22H2,1H3. The highest BCUT2D eigenvalue weighted by Crippen LogP contribution is 2.47. The van der Waals surface area contributed by atoms with Crippen molar-refractivity contribution in [2.24, 2.45) is 0 Å². The van der Waals surface area contributed by atoms with Gasteiger partial charge < -0.3 is 19.3 Å². The molecule has 0 bridgehead atoms. The Hall–Kier alpha value is -9.95. The molecule has 0 unspecified atom stereocenters. The normalized spacial score (nSPS) is 13.8. The predicted octanol–water partition coefficient (Wildman–Crippen LogP) is 13.9. The molecule has 0 atom stereocenters. The minimum Gasteiger partial charge on any atom is -0.378 e. The van der Waals surface area contributed by atoms with E-state index >= 15 is 8.78 Å². The van der Waals surface area contributed by atoms with Crippen LogP contribution in [0.15, 0.2) is 243 Å². The van der Waals surface area contributed by atoms with Gasteiger partial charge in [-0.2, -0.15) is 10.2 Å². The molecule has 2 aliphatic rings. The van der Waals surface area contributed by atoms with E-state index in [0.717, 1.165) is 98.9 Å². The number of fused-ring (bicyclic) bond motifs is 2. The summed E-state index contributed by atoms with van der Waals surface area (Å²) in [6, 6.07) is 76.1. The molecule has 11 nitrogen and oxygen atoms in total. The molecular formula is C72H60F2N8O3. The smallest absolute Gasteiger partial charge is 0.153 e. The largest absolute Gasteiger partial charge is 0.378 e. The van der Waals surface area contributed by atoms with Crippen molar-refractivity contribution in [3.63, 3.8) is 0 Å². The minimum absolute atomic E-state index is 0.0134. The van der Waals surface area contributed by atoms with Crippen LogP contribution < -0.4 is 9.80 Å². The highest BCUT2D eigenvalue weighted by Gasteiger charge is 2.43. The van der Waals surface area contributed by atoms with Gasteiger partial charge in [-0.25, -0.2) is 28.1 Å². The quantitative estimate of drug-likeness (QED) is 0.0825. The predicted molar refractivity (Wildman–Crippen MR) is 331 cm³/mol. The van der Waals surface area contributed by atoms with Crippen LogP contribution in [0.1, 0.15) is 49.3 Å². The number of aryl methyl sites for hydroxylation is 1. The second-order valence-electron chi connectivity index (χ2n) is 21.3. The van der Waals surface area contributed by atoms with Crippen molar-refractivity contribution >= 4 is 39.7 Å². The highest BCUT2D eigenvalue weighted by molar-refractivity contribution is 5.98. The van der Waals surface area contributed by atoms with Gasteiger partial charge in [-0.3, -0.25) is 4.79 Å². The maximum absolute atomic E-state index is 15.5. The number of nitrogens with zero attached hydrogens (tertiary/aromatic N) is 8. The van der Waals surface area contributed by atoms with Crippen LogP contribution in [0.5, 0.6) is 0 Å². The second kappa shape index (κ2) is 23.7. The molecule has 4 aromatic heterocycles. The van der Waals surface area contributed by atoms with Gasteiger partial charge in [0.15, 0.2) is 6.29 Å². The maximum atomic E-state index is 15.5. The van der Waals surface area contributed by atoms with E-state index in [1.165, 1.54) is 6.07 Å². The Labute approximate surface area is 492 Å². The molecule has 14 rings (SSSR count). The number of anilines is 2. The third-order valence-corrected chi connectivity index (χ3v) is 16.4. The van der Waals surface area contributed by atoms with E-state index in [2.05, 4.69) is 98.6 Å². The molecule has 0 saturated carbocycles. The summed E-state index contributed by atoms with van der Waals surface area (Å²) in [6.45, 7) is 7.49. The van der Waals surface area contributed by atoms with E-state index in [0.29, 0.717) is 54.9 Å². The van der Waals surface area contributed by atoms with E-state index in [1.54, 1.807) is 25.3 Å². The molecule has 2 aliphatic heterocycles. The lowest BCUT2D eigenvalue weighted by molar-refractivity contribution is 0.111. The molecule has 0 radical (unpaired) electrons. The summed E-state index contributed by atoms with van der Waals surface area (Å²) < 4.78 is 46.0. The maximum Gasteiger partial charge on any atom is 0.153 e. The Morgan fingerprint density at radius 1 is 0.424 bits per heavy atom. The molecule has 2 fully saturated rings. The number of hydrogen-bond donors (Lipinski definition) is 0. The van der Waals surface area contributed by atoms with Gasteiger partial charge in [0.2, 0.25) is 0 Å². The number of pyridine rings is 2. The van der Waals surface area contributed by atoms with E-state index < -0.39 is 16.9 Å². The van der Waals surface area contributed by atoms with Crippen LogP contribution in [-0.2, 0) is 20.6 Å². The summed E-state index contributed by atoms with van der Waals surface area (Å²) in [5.74, 6) is 0.850. The fourth-order valence-corrected chi connectivity index (χ4v) is 12.3. The molecule has 6 heterocycles. The summed E-state index contributed by atoms with van der Waals surface area (Å²) in [5, 5.41) is 12.3. The molecule has 0 spiro atoms. The number of aldehydes is 1. The van der Waals surface area contributed by atoms with E-state index in [1.807, 2.05) is 149 Å². The van der Waals surface area contributed by atoms with E-state index in [9.17, 15) is 4.79 Å². The topological polar surface area (TPSA) is 103 Å². The second-order valence-corrected chi connectivity index (χ2v) is 21.3. The summed E-state index contributed by atoms with van der Waals surface area (Å²) in [4.78, 5) is 25.7. The Bertz CT molecular complexity index is 4080. The first kappa shape index (κ1) is 54.3. The number of benzene rings is 8. The third-order valence-electron chi connectivity index (χ3n) is 16.4. The van der Waals surface area contributed by atoms with Crippen molar-refractivity contribution < 1.29 is 23.0 Å². The molecule has 12 aromatic rings. The molecule has 8 aromatic carbocycles. The van der Waals surface area contributed by atoms with Gasteiger partial charge in [-0.1, -0.05) is 182 Å². The number of aromatic nitrogens is 6. The van der Waals surface area contributed by atoms with Gasteiger partial charge in [0.25, 0.3) is 0 Å². The zero-order valence-corrected chi connectivity index (χ0v) is 46.9. The molecule has 85 heavy (non-hydrogen) atoms. The zero-order chi connectivity index (χ0) is 57.7. The molecular weight excluding hydrogens is 1060 g/mol. The highest BCUT2D eigenvalue weighted by atomic mass is 19.1. The van der Waals surface area contributed by atoms with Gasteiger partial charge in [0, 0.05) is 72.6 Å². The summed E-state index contributed by atoms with van der Waals surface area (Å²) in [7, 11) is 0. The van der Waals surface area contributed by atoms with Crippen molar-refractivity contribution in [2.45, 2.75) is 18.0 Å². The average Bonchev–Trinajstić information content (AvgIpc) is 1.93. The zero-order valence-electron chi connectivity index (χ0n) is 46.9. The van der Waals surface area contributed by atoms with Crippen molar-refractivity contribution in [2.75, 3.05) is 62.4 Å². The number of rotatable bonds is 13. The fraction of sp³-hybridized carbons (Fsp3) is 0.153. The van der Waals surface area contributed by atoms with Crippen LogP contribution >= 0.6 is 0 Å². The van der Waals surface area contributed by atoms with Crippen LogP contribution in [-0.4, -0.2) is 88.4 Å². The van der Waals surface area contributed by atoms with Gasteiger partial charge in [0.05, 0.1) is 43.0 Å². The molecule has 0 amide bonds. The number of carbonyl (C=O) groups excluding carboxylic acids is 1. The lowest BCUT2D eigenvalue weighted by Crippen LogP contribution is -2.38. The lowest BCUT2D eigenvalue weighted by atomic mass is 9.77. The Morgan fingerprint density at radius 2 is 0.753 bits per heavy atom. The van der Waals surface area contributed by atoms with Crippen molar-refractivity contribution in [3.05, 3.63) is 299 Å². The monoisotopic (exact) mass is 1120 g/mol. The molecule has 2 saturated heterocycles. The van der Waals surface area contributed by atoms with Gasteiger partial charge in [-0.05, 0) is 82.3 Å². The first-order valence-corrected chi connectivity index (χ1v) is 28.6. The Kier molecular flexibility index (Phi) is 15.2. The van der Waals surface area contributed by atoms with Gasteiger partial charge >= 0.3 is 0 Å². The lowest BCUT2D eigenvalue weighted by Gasteiger charge is -2.37. The van der Waals surface area contributed by atoms with Crippen molar-refractivity contribution in [3.8, 4) is 22.5 Å². The van der Waals surface area contributed by atoms with Crippen LogP contribution in [0, 0.1) is 18.6 Å². The third kappa shape index (κ3) is 10.0. The van der Waals surface area contributed by atoms with Crippen molar-refractivity contribution in [1.82, 2.24) is 29.5 Å². The molecule has 0 aliphatic carbocycles. The molecule has 13 heteroatoms. The number of morpholine rings is 2. The Balaban J connectivity index is 0.000000158. The SMILES string of the molecule is Cc1cc2c(-c3ccnc(N4CCOCC4)c3)nn(C(c3ccccc3)(c3ccccc3)c3ccccc3)c2cc1F.O=Cc1cc2c(-c3ccnc(N4CCOCC4)c3)nn(C(c3ccccc3)(c3ccccc3)c3ccccc3)c2cc1F. The van der Waals surface area contributed by atoms with Crippen LogP contribution in [0.3, 0.4) is 0 Å². The van der Waals surface area contributed by atoms with Crippen LogP contribution in [0.25, 0.3) is 44.3 Å². The van der Waals surface area contributed by atoms with Crippen LogP contribution in [0.2, 0.25) is 0 Å². The Morgan fingerprint density at radius 3 is 1.09 bits per heavy atom. The first-order valence-electron chi connectivity index (χ1n) is 28.6. The molecule has 420 valence electrons. The van der Waals surface area contributed by atoms with Crippen LogP contribution in [0.4, 0.5) is 20.4 Å². The summed E-state index contributed by atoms with van der Waals surface area (Å²) in [5.41, 5.74) is 9.19.